The molecule has 0 atom stereocenters. The van der Waals surface area contributed by atoms with E-state index in [4.69, 9.17) is 11.6 Å². The SMILES string of the molecule is CCn1ncc(Cl)c1CN(C)C(=O)c1cc(C)nc2c1c(C)nn2C(C)C. The molecular weight excluding hydrogens is 364 g/mol. The van der Waals surface area contributed by atoms with Crippen LogP contribution in [0.5, 0.6) is 0 Å². The molecule has 0 saturated heterocycles. The highest BCUT2D eigenvalue weighted by Gasteiger charge is 2.23. The minimum absolute atomic E-state index is 0.0863. The first-order valence-corrected chi connectivity index (χ1v) is 9.44. The van der Waals surface area contributed by atoms with Crippen LogP contribution in [0.25, 0.3) is 11.0 Å². The number of pyridine rings is 1. The van der Waals surface area contributed by atoms with Crippen LogP contribution in [0, 0.1) is 13.8 Å². The molecule has 8 heteroatoms. The second kappa shape index (κ2) is 7.31. The quantitative estimate of drug-likeness (QED) is 0.667. The summed E-state index contributed by atoms with van der Waals surface area (Å²) in [5.74, 6) is -0.0863. The highest BCUT2D eigenvalue weighted by Crippen LogP contribution is 2.26. The highest BCUT2D eigenvalue weighted by atomic mass is 35.5. The van der Waals surface area contributed by atoms with Crippen molar-refractivity contribution in [3.05, 3.63) is 39.9 Å². The predicted molar refractivity (Wildman–Crippen MR) is 106 cm³/mol. The normalized spacial score (nSPS) is 11.6. The van der Waals surface area contributed by atoms with Crippen LogP contribution >= 0.6 is 11.6 Å². The molecule has 0 aromatic carbocycles. The molecule has 0 spiro atoms. The molecule has 144 valence electrons. The number of hydrogen-bond donors (Lipinski definition) is 0. The molecular formula is C19H25ClN6O. The molecule has 0 bridgehead atoms. The molecule has 0 unspecified atom stereocenters. The Morgan fingerprint density at radius 2 is 2.04 bits per heavy atom. The fourth-order valence-corrected chi connectivity index (χ4v) is 3.49. The lowest BCUT2D eigenvalue weighted by Crippen LogP contribution is -2.28. The molecule has 0 saturated carbocycles. The Kier molecular flexibility index (Phi) is 5.24. The van der Waals surface area contributed by atoms with E-state index in [9.17, 15) is 4.79 Å². The number of aryl methyl sites for hydroxylation is 3. The van der Waals surface area contributed by atoms with Gasteiger partial charge in [-0.15, -0.1) is 0 Å². The Hall–Kier alpha value is -2.41. The third kappa shape index (κ3) is 3.43. The van der Waals surface area contributed by atoms with Gasteiger partial charge in [0.05, 0.1) is 40.1 Å². The Morgan fingerprint density at radius 3 is 2.67 bits per heavy atom. The van der Waals surface area contributed by atoms with Crippen LogP contribution in [0.3, 0.4) is 0 Å². The van der Waals surface area contributed by atoms with Crippen LogP contribution in [-0.4, -0.2) is 42.4 Å². The third-order valence-electron chi connectivity index (χ3n) is 4.62. The number of nitrogens with zero attached hydrogens (tertiary/aromatic N) is 6. The van der Waals surface area contributed by atoms with E-state index in [-0.39, 0.29) is 11.9 Å². The van der Waals surface area contributed by atoms with Crippen molar-refractivity contribution in [1.82, 2.24) is 29.4 Å². The molecule has 1 amide bonds. The van der Waals surface area contributed by atoms with Crippen LogP contribution < -0.4 is 0 Å². The molecule has 0 aliphatic carbocycles. The molecule has 0 radical (unpaired) electrons. The van der Waals surface area contributed by atoms with Crippen molar-refractivity contribution in [2.75, 3.05) is 7.05 Å². The molecule has 27 heavy (non-hydrogen) atoms. The zero-order chi connectivity index (χ0) is 19.9. The molecule has 0 fully saturated rings. The van der Waals surface area contributed by atoms with E-state index in [1.165, 1.54) is 0 Å². The predicted octanol–water partition coefficient (Wildman–Crippen LogP) is 3.77. The van der Waals surface area contributed by atoms with Gasteiger partial charge < -0.3 is 4.90 Å². The van der Waals surface area contributed by atoms with Gasteiger partial charge in [-0.3, -0.25) is 9.48 Å². The number of carbonyl (C=O) groups excluding carboxylic acids is 1. The summed E-state index contributed by atoms with van der Waals surface area (Å²) in [4.78, 5) is 19.6. The van der Waals surface area contributed by atoms with Gasteiger partial charge in [-0.05, 0) is 40.7 Å². The van der Waals surface area contributed by atoms with Gasteiger partial charge >= 0.3 is 0 Å². The summed E-state index contributed by atoms with van der Waals surface area (Å²) in [7, 11) is 1.77. The van der Waals surface area contributed by atoms with Gasteiger partial charge in [-0.2, -0.15) is 10.2 Å². The molecule has 3 aromatic heterocycles. The number of hydrogen-bond acceptors (Lipinski definition) is 4. The number of fused-ring (bicyclic) bond motifs is 1. The lowest BCUT2D eigenvalue weighted by atomic mass is 10.1. The molecule has 3 rings (SSSR count). The number of rotatable bonds is 5. The van der Waals surface area contributed by atoms with E-state index in [0.717, 1.165) is 28.1 Å². The minimum atomic E-state index is -0.0863. The van der Waals surface area contributed by atoms with Gasteiger partial charge in [0.1, 0.15) is 0 Å². The monoisotopic (exact) mass is 388 g/mol. The van der Waals surface area contributed by atoms with Crippen molar-refractivity contribution >= 4 is 28.5 Å². The van der Waals surface area contributed by atoms with E-state index in [1.807, 2.05) is 36.2 Å². The van der Waals surface area contributed by atoms with E-state index < -0.39 is 0 Å². The van der Waals surface area contributed by atoms with Crippen LogP contribution in [0.4, 0.5) is 0 Å². The summed E-state index contributed by atoms with van der Waals surface area (Å²) < 4.78 is 3.68. The average Bonchev–Trinajstić information content (AvgIpc) is 3.14. The fourth-order valence-electron chi connectivity index (χ4n) is 3.29. The average molecular weight is 389 g/mol. The summed E-state index contributed by atoms with van der Waals surface area (Å²) in [6.07, 6.45) is 1.62. The van der Waals surface area contributed by atoms with Crippen LogP contribution in [0.15, 0.2) is 12.3 Å². The van der Waals surface area contributed by atoms with Gasteiger partial charge in [-0.25, -0.2) is 9.67 Å². The molecule has 0 N–H and O–H groups in total. The van der Waals surface area contributed by atoms with Crippen molar-refractivity contribution < 1.29 is 4.79 Å². The summed E-state index contributed by atoms with van der Waals surface area (Å²) in [6.45, 7) is 11.0. The molecule has 7 nitrogen and oxygen atoms in total. The van der Waals surface area contributed by atoms with Crippen LogP contribution in [-0.2, 0) is 13.1 Å². The van der Waals surface area contributed by atoms with E-state index in [2.05, 4.69) is 29.0 Å². The van der Waals surface area contributed by atoms with Crippen molar-refractivity contribution in [2.45, 2.75) is 53.8 Å². The first kappa shape index (κ1) is 19.4. The van der Waals surface area contributed by atoms with Gasteiger partial charge in [0, 0.05) is 25.3 Å². The van der Waals surface area contributed by atoms with Gasteiger partial charge in [0.15, 0.2) is 5.65 Å². The van der Waals surface area contributed by atoms with Gasteiger partial charge in [0.2, 0.25) is 0 Å². The van der Waals surface area contributed by atoms with E-state index >= 15 is 0 Å². The largest absolute Gasteiger partial charge is 0.336 e. The summed E-state index contributed by atoms with van der Waals surface area (Å²) in [5.41, 5.74) is 3.78. The number of amides is 1. The molecule has 0 aliphatic rings. The summed E-state index contributed by atoms with van der Waals surface area (Å²) in [5, 5.41) is 10.2. The smallest absolute Gasteiger partial charge is 0.254 e. The standard InChI is InChI=1S/C19H25ClN6O/c1-7-25-16(15(20)9-21-25)10-24(6)19(27)14-8-12(4)22-18-17(14)13(5)23-26(18)11(2)3/h8-9,11H,7,10H2,1-6H3. The molecule has 3 aromatic rings. The topological polar surface area (TPSA) is 68.8 Å². The zero-order valence-corrected chi connectivity index (χ0v) is 17.4. The molecule has 0 aliphatic heterocycles. The first-order valence-electron chi connectivity index (χ1n) is 9.06. The Labute approximate surface area is 163 Å². The van der Waals surface area contributed by atoms with Gasteiger partial charge in [0.25, 0.3) is 5.91 Å². The Morgan fingerprint density at radius 1 is 1.33 bits per heavy atom. The van der Waals surface area contributed by atoms with Crippen molar-refractivity contribution in [2.24, 2.45) is 0 Å². The summed E-state index contributed by atoms with van der Waals surface area (Å²) >= 11 is 6.26. The van der Waals surface area contributed by atoms with E-state index in [1.54, 1.807) is 18.1 Å². The third-order valence-corrected chi connectivity index (χ3v) is 4.93. The number of carbonyl (C=O) groups is 1. The highest BCUT2D eigenvalue weighted by molar-refractivity contribution is 6.31. The minimum Gasteiger partial charge on any atom is -0.336 e. The number of aromatic nitrogens is 5. The van der Waals surface area contributed by atoms with Crippen LogP contribution in [0.1, 0.15) is 54.3 Å². The second-order valence-electron chi connectivity index (χ2n) is 7.05. The fraction of sp³-hybridized carbons (Fsp3) is 0.474. The maximum atomic E-state index is 13.3. The summed E-state index contributed by atoms with van der Waals surface area (Å²) in [6, 6.07) is 1.99. The Bertz CT molecular complexity index is 1000. The van der Waals surface area contributed by atoms with Crippen molar-refractivity contribution in [3.8, 4) is 0 Å². The lowest BCUT2D eigenvalue weighted by molar-refractivity contribution is 0.0783. The van der Waals surface area contributed by atoms with Crippen LogP contribution in [0.2, 0.25) is 5.02 Å². The van der Waals surface area contributed by atoms with Crippen molar-refractivity contribution in [3.63, 3.8) is 0 Å². The van der Waals surface area contributed by atoms with Crippen molar-refractivity contribution in [1.29, 1.82) is 0 Å². The van der Waals surface area contributed by atoms with E-state index in [0.29, 0.717) is 23.7 Å². The maximum Gasteiger partial charge on any atom is 0.254 e. The lowest BCUT2D eigenvalue weighted by Gasteiger charge is -2.19. The van der Waals surface area contributed by atoms with Gasteiger partial charge in [-0.1, -0.05) is 11.6 Å². The first-order chi connectivity index (χ1) is 12.7. The molecule has 3 heterocycles. The zero-order valence-electron chi connectivity index (χ0n) is 16.6. The number of halogens is 1. The maximum absolute atomic E-state index is 13.3. The Balaban J connectivity index is 2.04. The second-order valence-corrected chi connectivity index (χ2v) is 7.46.